The van der Waals surface area contributed by atoms with Crippen LogP contribution in [-0.4, -0.2) is 12.5 Å². The van der Waals surface area contributed by atoms with Crippen LogP contribution in [0.2, 0.25) is 5.22 Å². The molecule has 1 aromatic heterocycles. The first-order chi connectivity index (χ1) is 10.2. The smallest absolute Gasteiger partial charge is 0.260 e. The molecule has 2 rings (SSSR count). The average molecular weight is 305 g/mol. The first-order valence-electron chi connectivity index (χ1n) is 6.35. The van der Waals surface area contributed by atoms with E-state index < -0.39 is 0 Å². The zero-order chi connectivity index (χ0) is 15.1. The van der Waals surface area contributed by atoms with Gasteiger partial charge in [-0.1, -0.05) is 6.07 Å². The number of furan rings is 1. The van der Waals surface area contributed by atoms with E-state index >= 15 is 0 Å². The quantitative estimate of drug-likeness (QED) is 0.822. The number of nitrogens with one attached hydrogen (secondary N) is 1. The minimum atomic E-state index is -0.351. The van der Waals surface area contributed by atoms with Crippen LogP contribution in [0.4, 0.5) is 5.69 Å². The molecule has 5 nitrogen and oxygen atoms in total. The SMILES string of the molecule is N#CCCCOc1cccc(NC(=O)c2ccoc2Cl)c1. The van der Waals surface area contributed by atoms with Crippen molar-refractivity contribution >= 4 is 23.2 Å². The second-order valence-corrected chi connectivity index (χ2v) is 4.54. The number of unbranched alkanes of at least 4 members (excludes halogenated alkanes) is 1. The molecule has 0 aliphatic carbocycles. The summed E-state index contributed by atoms with van der Waals surface area (Å²) in [6.07, 6.45) is 2.47. The summed E-state index contributed by atoms with van der Waals surface area (Å²) in [4.78, 5) is 12.0. The normalized spacial score (nSPS) is 9.90. The molecular weight excluding hydrogens is 292 g/mol. The molecule has 0 spiro atoms. The first kappa shape index (κ1) is 14.9. The topological polar surface area (TPSA) is 75.3 Å². The Morgan fingerprint density at radius 3 is 3.00 bits per heavy atom. The van der Waals surface area contributed by atoms with Gasteiger partial charge in [-0.3, -0.25) is 4.79 Å². The molecule has 1 heterocycles. The van der Waals surface area contributed by atoms with Crippen LogP contribution >= 0.6 is 11.6 Å². The maximum Gasteiger partial charge on any atom is 0.260 e. The number of benzene rings is 1. The standard InChI is InChI=1S/C15H13ClN2O3/c16-14-13(6-9-21-14)15(19)18-11-4-3-5-12(10-11)20-8-2-1-7-17/h3-6,9-10H,1-2,8H2,(H,18,19). The van der Waals surface area contributed by atoms with Crippen molar-refractivity contribution in [1.82, 2.24) is 0 Å². The van der Waals surface area contributed by atoms with E-state index in [0.29, 0.717) is 30.9 Å². The molecule has 0 saturated heterocycles. The van der Waals surface area contributed by atoms with Gasteiger partial charge in [-0.05, 0) is 36.2 Å². The molecule has 0 aliphatic rings. The molecular formula is C15H13ClN2O3. The molecule has 0 unspecified atom stereocenters. The van der Waals surface area contributed by atoms with Gasteiger partial charge < -0.3 is 14.5 Å². The molecule has 0 aliphatic heterocycles. The van der Waals surface area contributed by atoms with Crippen LogP contribution < -0.4 is 10.1 Å². The minimum absolute atomic E-state index is 0.0522. The molecule has 108 valence electrons. The van der Waals surface area contributed by atoms with Crippen molar-refractivity contribution in [3.8, 4) is 11.8 Å². The molecule has 21 heavy (non-hydrogen) atoms. The third kappa shape index (κ3) is 4.26. The van der Waals surface area contributed by atoms with Gasteiger partial charge in [0.25, 0.3) is 5.91 Å². The summed E-state index contributed by atoms with van der Waals surface area (Å²) in [6.45, 7) is 0.457. The zero-order valence-corrected chi connectivity index (χ0v) is 11.9. The average Bonchev–Trinajstić information content (AvgIpc) is 2.90. The van der Waals surface area contributed by atoms with Crippen LogP contribution in [0.5, 0.6) is 5.75 Å². The van der Waals surface area contributed by atoms with E-state index in [1.807, 2.05) is 0 Å². The monoisotopic (exact) mass is 304 g/mol. The van der Waals surface area contributed by atoms with Crippen LogP contribution in [0.1, 0.15) is 23.2 Å². The van der Waals surface area contributed by atoms with E-state index in [0.717, 1.165) is 0 Å². The fourth-order valence-corrected chi connectivity index (χ4v) is 1.86. The highest BCUT2D eigenvalue weighted by molar-refractivity contribution is 6.32. The zero-order valence-electron chi connectivity index (χ0n) is 11.1. The Balaban J connectivity index is 1.96. The van der Waals surface area contributed by atoms with Gasteiger partial charge in [0.1, 0.15) is 5.75 Å². The van der Waals surface area contributed by atoms with E-state index in [1.165, 1.54) is 12.3 Å². The summed E-state index contributed by atoms with van der Waals surface area (Å²) in [5, 5.41) is 11.2. The van der Waals surface area contributed by atoms with E-state index in [2.05, 4.69) is 11.4 Å². The molecule has 0 radical (unpaired) electrons. The molecule has 2 aromatic rings. The van der Waals surface area contributed by atoms with Gasteiger partial charge in [0, 0.05) is 18.2 Å². The number of amides is 1. The number of rotatable bonds is 6. The van der Waals surface area contributed by atoms with Crippen molar-refractivity contribution in [3.05, 3.63) is 47.4 Å². The minimum Gasteiger partial charge on any atom is -0.493 e. The number of nitrogens with zero attached hydrogens (tertiary/aromatic N) is 1. The summed E-state index contributed by atoms with van der Waals surface area (Å²) >= 11 is 5.75. The van der Waals surface area contributed by atoms with Crippen LogP contribution in [0.3, 0.4) is 0 Å². The number of ether oxygens (including phenoxy) is 1. The van der Waals surface area contributed by atoms with Crippen LogP contribution in [0.15, 0.2) is 41.0 Å². The largest absolute Gasteiger partial charge is 0.493 e. The van der Waals surface area contributed by atoms with E-state index in [9.17, 15) is 4.79 Å². The fourth-order valence-electron chi connectivity index (χ4n) is 1.66. The molecule has 0 bridgehead atoms. The van der Waals surface area contributed by atoms with Gasteiger partial charge in [0.15, 0.2) is 0 Å². The predicted octanol–water partition coefficient (Wildman–Crippen LogP) is 3.87. The van der Waals surface area contributed by atoms with Crippen molar-refractivity contribution < 1.29 is 13.9 Å². The highest BCUT2D eigenvalue weighted by atomic mass is 35.5. The fraction of sp³-hybridized carbons (Fsp3) is 0.200. The second kappa shape index (κ2) is 7.36. The summed E-state index contributed by atoms with van der Waals surface area (Å²) in [6, 6.07) is 10.6. The van der Waals surface area contributed by atoms with Crippen LogP contribution in [0.25, 0.3) is 0 Å². The first-order valence-corrected chi connectivity index (χ1v) is 6.72. The Morgan fingerprint density at radius 1 is 1.43 bits per heavy atom. The summed E-state index contributed by atoms with van der Waals surface area (Å²) in [5.41, 5.74) is 0.868. The van der Waals surface area contributed by atoms with Gasteiger partial charge >= 0.3 is 0 Å². The lowest BCUT2D eigenvalue weighted by atomic mass is 10.2. The number of carbonyl (C=O) groups excluding carboxylic acids is 1. The van der Waals surface area contributed by atoms with Crippen molar-refractivity contribution in [1.29, 1.82) is 5.26 Å². The highest BCUT2D eigenvalue weighted by Crippen LogP contribution is 2.21. The van der Waals surface area contributed by atoms with Gasteiger partial charge in [-0.25, -0.2) is 0 Å². The Kier molecular flexibility index (Phi) is 5.24. The Hall–Kier alpha value is -2.45. The summed E-state index contributed by atoms with van der Waals surface area (Å²) < 4.78 is 10.4. The Bertz CT molecular complexity index is 661. The molecule has 0 saturated carbocycles. The number of hydrogen-bond donors (Lipinski definition) is 1. The molecule has 0 fully saturated rings. The predicted molar refractivity (Wildman–Crippen MR) is 78.5 cm³/mol. The maximum atomic E-state index is 12.0. The van der Waals surface area contributed by atoms with Crippen molar-refractivity contribution in [2.45, 2.75) is 12.8 Å². The van der Waals surface area contributed by atoms with Gasteiger partial charge in [0.05, 0.1) is 24.5 Å². The summed E-state index contributed by atoms with van der Waals surface area (Å²) in [7, 11) is 0. The summed E-state index contributed by atoms with van der Waals surface area (Å²) in [5.74, 6) is 0.277. The molecule has 1 amide bonds. The number of nitriles is 1. The lowest BCUT2D eigenvalue weighted by molar-refractivity contribution is 0.102. The maximum absolute atomic E-state index is 12.0. The third-order valence-electron chi connectivity index (χ3n) is 2.66. The van der Waals surface area contributed by atoms with Crippen LogP contribution in [0, 0.1) is 11.3 Å². The lowest BCUT2D eigenvalue weighted by Gasteiger charge is -2.08. The third-order valence-corrected chi connectivity index (χ3v) is 2.95. The highest BCUT2D eigenvalue weighted by Gasteiger charge is 2.13. The molecule has 6 heteroatoms. The van der Waals surface area contributed by atoms with Gasteiger partial charge in [-0.2, -0.15) is 5.26 Å². The molecule has 1 aromatic carbocycles. The Morgan fingerprint density at radius 2 is 2.29 bits per heavy atom. The van der Waals surface area contributed by atoms with E-state index in [4.69, 9.17) is 26.0 Å². The van der Waals surface area contributed by atoms with Crippen molar-refractivity contribution in [2.75, 3.05) is 11.9 Å². The van der Waals surface area contributed by atoms with Crippen molar-refractivity contribution in [2.24, 2.45) is 0 Å². The molecule has 1 N–H and O–H groups in total. The van der Waals surface area contributed by atoms with E-state index in [-0.39, 0.29) is 16.7 Å². The second-order valence-electron chi connectivity index (χ2n) is 4.20. The number of anilines is 1. The number of carbonyl (C=O) groups is 1. The van der Waals surface area contributed by atoms with Gasteiger partial charge in [0.2, 0.25) is 5.22 Å². The van der Waals surface area contributed by atoms with Crippen LogP contribution in [-0.2, 0) is 0 Å². The number of halogens is 1. The molecule has 0 atom stereocenters. The van der Waals surface area contributed by atoms with Crippen molar-refractivity contribution in [3.63, 3.8) is 0 Å². The number of hydrogen-bond acceptors (Lipinski definition) is 4. The van der Waals surface area contributed by atoms with E-state index in [1.54, 1.807) is 24.3 Å². The Labute approximate surface area is 127 Å². The lowest BCUT2D eigenvalue weighted by Crippen LogP contribution is -2.11. The van der Waals surface area contributed by atoms with Gasteiger partial charge in [-0.15, -0.1) is 0 Å².